The summed E-state index contributed by atoms with van der Waals surface area (Å²) in [7, 11) is 0. The smallest absolute Gasteiger partial charge is 0.234 e. The van der Waals surface area contributed by atoms with Crippen LogP contribution in [0.15, 0.2) is 12.2 Å². The van der Waals surface area contributed by atoms with Crippen LogP contribution in [-0.2, 0) is 4.79 Å². The van der Waals surface area contributed by atoms with Crippen LogP contribution < -0.4 is 11.1 Å². The zero-order chi connectivity index (χ0) is 9.72. The normalized spacial score (nSPS) is 13.0. The minimum absolute atomic E-state index is 0.224. The minimum atomic E-state index is -0.300. The molecule has 0 aromatic rings. The van der Waals surface area contributed by atoms with E-state index in [1.807, 2.05) is 20.8 Å². The van der Waals surface area contributed by atoms with Gasteiger partial charge >= 0.3 is 0 Å². The predicted octanol–water partition coefficient (Wildman–Crippen LogP) is 0.662. The Hall–Kier alpha value is -0.830. The van der Waals surface area contributed by atoms with Gasteiger partial charge in [0.1, 0.15) is 0 Å². The Morgan fingerprint density at radius 1 is 1.58 bits per heavy atom. The van der Waals surface area contributed by atoms with Gasteiger partial charge in [-0.2, -0.15) is 0 Å². The Morgan fingerprint density at radius 3 is 2.33 bits per heavy atom. The highest BCUT2D eigenvalue weighted by Gasteiger charge is 2.17. The second-order valence-electron chi connectivity index (χ2n) is 3.46. The number of rotatable bonds is 5. The van der Waals surface area contributed by atoms with Gasteiger partial charge in [-0.05, 0) is 12.8 Å². The molecular weight excluding hydrogens is 152 g/mol. The summed E-state index contributed by atoms with van der Waals surface area (Å²) in [6.45, 7) is 10.2. The fourth-order valence-corrected chi connectivity index (χ4v) is 0.949. The summed E-state index contributed by atoms with van der Waals surface area (Å²) in [5, 5.41) is 3.04. The molecule has 1 amide bonds. The van der Waals surface area contributed by atoms with E-state index < -0.39 is 0 Å². The molecule has 0 aliphatic heterocycles. The first-order chi connectivity index (χ1) is 5.45. The zero-order valence-electron chi connectivity index (χ0n) is 8.05. The fraction of sp³-hybridized carbons (Fsp3) is 0.667. The molecule has 0 radical (unpaired) electrons. The van der Waals surface area contributed by atoms with Gasteiger partial charge in [0.15, 0.2) is 0 Å². The third kappa shape index (κ3) is 4.13. The molecule has 0 saturated heterocycles. The molecule has 3 N–H and O–H groups in total. The van der Waals surface area contributed by atoms with Crippen LogP contribution in [0.1, 0.15) is 20.8 Å². The number of nitrogens with one attached hydrogen (secondary N) is 1. The number of nitrogens with two attached hydrogens (primary N) is 1. The number of carbonyl (C=O) groups is 1. The zero-order valence-corrected chi connectivity index (χ0v) is 8.05. The third-order valence-corrected chi connectivity index (χ3v) is 1.60. The lowest BCUT2D eigenvalue weighted by atomic mass is 10.0. The molecule has 0 heterocycles. The van der Waals surface area contributed by atoms with Gasteiger partial charge in [0.2, 0.25) is 5.91 Å². The summed E-state index contributed by atoms with van der Waals surface area (Å²) in [5.74, 6) is -0.0758. The Labute approximate surface area is 74.0 Å². The van der Waals surface area contributed by atoms with E-state index in [0.717, 1.165) is 5.57 Å². The highest BCUT2D eigenvalue weighted by Crippen LogP contribution is 2.00. The van der Waals surface area contributed by atoms with Crippen molar-refractivity contribution in [2.24, 2.45) is 11.7 Å². The Bertz CT molecular complexity index is 175. The van der Waals surface area contributed by atoms with Crippen LogP contribution in [0, 0.1) is 5.92 Å². The van der Waals surface area contributed by atoms with Crippen molar-refractivity contribution in [1.29, 1.82) is 0 Å². The number of amides is 1. The van der Waals surface area contributed by atoms with E-state index in [9.17, 15) is 4.79 Å². The summed E-state index contributed by atoms with van der Waals surface area (Å²) >= 11 is 0. The monoisotopic (exact) mass is 170 g/mol. The standard InChI is InChI=1S/C9H18N2O/c1-6(2)5-11-8(7(3)4)9(10)12/h7-8,11H,1,5H2,2-4H3,(H2,10,12). The molecule has 0 aromatic carbocycles. The molecule has 0 spiro atoms. The van der Waals surface area contributed by atoms with Gasteiger partial charge in [0.25, 0.3) is 0 Å². The fourth-order valence-electron chi connectivity index (χ4n) is 0.949. The lowest BCUT2D eigenvalue weighted by Crippen LogP contribution is -2.45. The second-order valence-corrected chi connectivity index (χ2v) is 3.46. The SMILES string of the molecule is C=C(C)CNC(C(N)=O)C(C)C. The van der Waals surface area contributed by atoms with Gasteiger partial charge in [0, 0.05) is 6.54 Å². The van der Waals surface area contributed by atoms with Gasteiger partial charge in [-0.3, -0.25) is 4.79 Å². The molecule has 3 heteroatoms. The molecule has 0 bridgehead atoms. The summed E-state index contributed by atoms with van der Waals surface area (Å²) in [6, 6.07) is -0.248. The van der Waals surface area contributed by atoms with Crippen LogP contribution in [0.3, 0.4) is 0 Å². The predicted molar refractivity (Wildman–Crippen MR) is 50.6 cm³/mol. The molecule has 0 saturated carbocycles. The first-order valence-corrected chi connectivity index (χ1v) is 4.12. The van der Waals surface area contributed by atoms with E-state index in [-0.39, 0.29) is 17.9 Å². The van der Waals surface area contributed by atoms with E-state index in [1.165, 1.54) is 0 Å². The molecule has 12 heavy (non-hydrogen) atoms. The van der Waals surface area contributed by atoms with Gasteiger partial charge in [-0.15, -0.1) is 0 Å². The van der Waals surface area contributed by atoms with E-state index >= 15 is 0 Å². The van der Waals surface area contributed by atoms with Crippen LogP contribution in [0.2, 0.25) is 0 Å². The van der Waals surface area contributed by atoms with Crippen LogP contribution >= 0.6 is 0 Å². The first-order valence-electron chi connectivity index (χ1n) is 4.12. The quantitative estimate of drug-likeness (QED) is 0.596. The maximum absolute atomic E-state index is 10.9. The van der Waals surface area contributed by atoms with Gasteiger partial charge in [-0.25, -0.2) is 0 Å². The highest BCUT2D eigenvalue weighted by atomic mass is 16.1. The molecule has 0 aromatic heterocycles. The Balaban J connectivity index is 3.97. The van der Waals surface area contributed by atoms with Crippen molar-refractivity contribution in [3.05, 3.63) is 12.2 Å². The Kier molecular flexibility index (Phi) is 4.59. The summed E-state index contributed by atoms with van der Waals surface area (Å²) < 4.78 is 0. The molecule has 1 atom stereocenters. The van der Waals surface area contributed by atoms with Gasteiger partial charge in [-0.1, -0.05) is 26.0 Å². The van der Waals surface area contributed by atoms with Crippen molar-refractivity contribution in [3.8, 4) is 0 Å². The molecule has 0 fully saturated rings. The summed E-state index contributed by atoms with van der Waals surface area (Å²) in [4.78, 5) is 10.9. The number of hydrogen-bond donors (Lipinski definition) is 2. The van der Waals surface area contributed by atoms with Crippen molar-refractivity contribution < 1.29 is 4.79 Å². The second kappa shape index (κ2) is 4.93. The maximum atomic E-state index is 10.9. The number of carbonyl (C=O) groups excluding carboxylic acids is 1. The maximum Gasteiger partial charge on any atom is 0.234 e. The molecule has 0 aliphatic carbocycles. The van der Waals surface area contributed by atoms with E-state index in [1.54, 1.807) is 0 Å². The minimum Gasteiger partial charge on any atom is -0.368 e. The number of primary amides is 1. The van der Waals surface area contributed by atoms with Crippen molar-refractivity contribution in [3.63, 3.8) is 0 Å². The van der Waals surface area contributed by atoms with Gasteiger partial charge in [0.05, 0.1) is 6.04 Å². The average molecular weight is 170 g/mol. The van der Waals surface area contributed by atoms with Crippen molar-refractivity contribution in [1.82, 2.24) is 5.32 Å². The van der Waals surface area contributed by atoms with Crippen molar-refractivity contribution in [2.45, 2.75) is 26.8 Å². The van der Waals surface area contributed by atoms with Crippen LogP contribution in [0.4, 0.5) is 0 Å². The first kappa shape index (κ1) is 11.2. The topological polar surface area (TPSA) is 55.1 Å². The summed E-state index contributed by atoms with van der Waals surface area (Å²) in [5.41, 5.74) is 6.19. The number of hydrogen-bond acceptors (Lipinski definition) is 2. The van der Waals surface area contributed by atoms with Crippen LogP contribution in [-0.4, -0.2) is 18.5 Å². The van der Waals surface area contributed by atoms with Crippen LogP contribution in [0.25, 0.3) is 0 Å². The molecule has 0 rings (SSSR count). The highest BCUT2D eigenvalue weighted by molar-refractivity contribution is 5.80. The third-order valence-electron chi connectivity index (χ3n) is 1.60. The lowest BCUT2D eigenvalue weighted by Gasteiger charge is -2.18. The molecule has 70 valence electrons. The van der Waals surface area contributed by atoms with E-state index in [0.29, 0.717) is 6.54 Å². The average Bonchev–Trinajstić information content (AvgIpc) is 1.84. The Morgan fingerprint density at radius 2 is 2.08 bits per heavy atom. The molecule has 1 unspecified atom stereocenters. The van der Waals surface area contributed by atoms with Crippen LogP contribution in [0.5, 0.6) is 0 Å². The molecule has 3 nitrogen and oxygen atoms in total. The van der Waals surface area contributed by atoms with E-state index in [2.05, 4.69) is 11.9 Å². The molecule has 0 aliphatic rings. The largest absolute Gasteiger partial charge is 0.368 e. The molecular formula is C9H18N2O. The lowest BCUT2D eigenvalue weighted by molar-refractivity contribution is -0.120. The van der Waals surface area contributed by atoms with Gasteiger partial charge < -0.3 is 11.1 Å². The summed E-state index contributed by atoms with van der Waals surface area (Å²) in [6.07, 6.45) is 0. The van der Waals surface area contributed by atoms with Crippen molar-refractivity contribution >= 4 is 5.91 Å². The van der Waals surface area contributed by atoms with Crippen molar-refractivity contribution in [2.75, 3.05) is 6.54 Å². The van der Waals surface area contributed by atoms with E-state index in [4.69, 9.17) is 5.73 Å².